The van der Waals surface area contributed by atoms with E-state index in [1.165, 1.54) is 10.4 Å². The van der Waals surface area contributed by atoms with E-state index in [4.69, 9.17) is 15.6 Å². The standard InChI is InChI=1S/C31H36O4Si/c1-5-15-26(32)24-27(35-30(33)25-16-9-6-10-17-25)22-23-34-36(31(2,3)4,28-18-11-7-12-19-28)29-20-13-8-14-21-29/h1,6-14,16-21,26-27,32H,15,22-24H2,2-4H3/t26-,27+/m0/s1. The number of esters is 1. The van der Waals surface area contributed by atoms with Gasteiger partial charge in [0.05, 0.1) is 11.7 Å². The molecule has 0 radical (unpaired) electrons. The summed E-state index contributed by atoms with van der Waals surface area (Å²) < 4.78 is 12.8. The number of carbonyl (C=O) groups is 1. The Kier molecular flexibility index (Phi) is 9.66. The molecule has 0 heterocycles. The first-order valence-corrected chi connectivity index (χ1v) is 14.3. The first-order chi connectivity index (χ1) is 17.3. The summed E-state index contributed by atoms with van der Waals surface area (Å²) in [6.45, 7) is 7.05. The minimum absolute atomic E-state index is 0.158. The molecule has 0 aliphatic heterocycles. The van der Waals surface area contributed by atoms with Crippen LogP contribution in [0.4, 0.5) is 0 Å². The maximum absolute atomic E-state index is 12.8. The van der Waals surface area contributed by atoms with E-state index in [2.05, 4.69) is 75.2 Å². The quantitative estimate of drug-likeness (QED) is 0.230. The second-order valence-electron chi connectivity index (χ2n) is 9.99. The number of carbonyl (C=O) groups excluding carboxylic acids is 1. The Balaban J connectivity index is 1.87. The summed E-state index contributed by atoms with van der Waals surface area (Å²) >= 11 is 0. The summed E-state index contributed by atoms with van der Waals surface area (Å²) in [5, 5.41) is 12.6. The molecule has 1 N–H and O–H groups in total. The molecule has 0 saturated heterocycles. The van der Waals surface area contributed by atoms with Crippen LogP contribution >= 0.6 is 0 Å². The van der Waals surface area contributed by atoms with Crippen molar-refractivity contribution in [3.05, 3.63) is 96.6 Å². The average molecular weight is 501 g/mol. The van der Waals surface area contributed by atoms with E-state index < -0.39 is 26.5 Å². The zero-order chi connectivity index (χ0) is 26.0. The second-order valence-corrected chi connectivity index (χ2v) is 14.3. The lowest BCUT2D eigenvalue weighted by Crippen LogP contribution is -2.66. The van der Waals surface area contributed by atoms with E-state index in [1.807, 2.05) is 18.2 Å². The van der Waals surface area contributed by atoms with E-state index in [0.29, 0.717) is 18.6 Å². The number of terminal acetylenes is 1. The molecule has 0 aliphatic carbocycles. The van der Waals surface area contributed by atoms with Crippen molar-refractivity contribution in [2.24, 2.45) is 0 Å². The lowest BCUT2D eigenvalue weighted by atomic mass is 10.1. The zero-order valence-electron chi connectivity index (χ0n) is 21.4. The normalized spacial score (nSPS) is 13.4. The summed E-state index contributed by atoms with van der Waals surface area (Å²) in [4.78, 5) is 12.8. The molecule has 0 spiro atoms. The molecule has 3 aromatic carbocycles. The third-order valence-electron chi connectivity index (χ3n) is 6.35. The third kappa shape index (κ3) is 6.73. The highest BCUT2D eigenvalue weighted by atomic mass is 28.4. The lowest BCUT2D eigenvalue weighted by molar-refractivity contribution is 0.00899. The first-order valence-electron chi connectivity index (χ1n) is 12.4. The highest BCUT2D eigenvalue weighted by Crippen LogP contribution is 2.37. The van der Waals surface area contributed by atoms with Gasteiger partial charge in [0.1, 0.15) is 6.10 Å². The summed E-state index contributed by atoms with van der Waals surface area (Å²) in [7, 11) is -2.71. The minimum atomic E-state index is -2.71. The van der Waals surface area contributed by atoms with Gasteiger partial charge in [-0.15, -0.1) is 12.3 Å². The summed E-state index contributed by atoms with van der Waals surface area (Å²) in [5.41, 5.74) is 0.474. The predicted octanol–water partition coefficient (Wildman–Crippen LogP) is 4.95. The molecular weight excluding hydrogens is 464 g/mol. The van der Waals surface area contributed by atoms with Crippen LogP contribution in [-0.4, -0.2) is 38.2 Å². The smallest absolute Gasteiger partial charge is 0.338 e. The van der Waals surface area contributed by atoms with Gasteiger partial charge in [0.15, 0.2) is 0 Å². The second kappa shape index (κ2) is 12.7. The molecule has 3 rings (SSSR count). The molecule has 0 bridgehead atoms. The van der Waals surface area contributed by atoms with Crippen LogP contribution in [0.3, 0.4) is 0 Å². The van der Waals surface area contributed by atoms with Crippen LogP contribution in [0.2, 0.25) is 5.04 Å². The van der Waals surface area contributed by atoms with Crippen molar-refractivity contribution in [1.82, 2.24) is 0 Å². The summed E-state index contributed by atoms with van der Waals surface area (Å²) in [6.07, 6.45) is 5.02. The van der Waals surface area contributed by atoms with Crippen molar-refractivity contribution >= 4 is 24.7 Å². The monoisotopic (exact) mass is 500 g/mol. The Morgan fingerprint density at radius 2 is 1.42 bits per heavy atom. The number of hydrogen-bond donors (Lipinski definition) is 1. The predicted molar refractivity (Wildman–Crippen MR) is 148 cm³/mol. The van der Waals surface area contributed by atoms with Crippen LogP contribution in [0.5, 0.6) is 0 Å². The van der Waals surface area contributed by atoms with Crippen LogP contribution in [0.15, 0.2) is 91.0 Å². The van der Waals surface area contributed by atoms with Crippen molar-refractivity contribution in [2.75, 3.05) is 6.61 Å². The molecule has 0 aliphatic rings. The number of ether oxygens (including phenoxy) is 1. The lowest BCUT2D eigenvalue weighted by Gasteiger charge is -2.43. The summed E-state index contributed by atoms with van der Waals surface area (Å²) in [5.74, 6) is 2.07. The fourth-order valence-corrected chi connectivity index (χ4v) is 9.23. The maximum atomic E-state index is 12.8. The van der Waals surface area contributed by atoms with Gasteiger partial charge in [-0.3, -0.25) is 0 Å². The maximum Gasteiger partial charge on any atom is 0.338 e. The molecule has 2 atom stereocenters. The molecule has 4 nitrogen and oxygen atoms in total. The highest BCUT2D eigenvalue weighted by Gasteiger charge is 2.50. The van der Waals surface area contributed by atoms with E-state index in [0.717, 1.165) is 0 Å². The van der Waals surface area contributed by atoms with Gasteiger partial charge in [0.2, 0.25) is 0 Å². The van der Waals surface area contributed by atoms with E-state index in [9.17, 15) is 9.90 Å². The molecule has 0 amide bonds. The van der Waals surface area contributed by atoms with Crippen molar-refractivity contribution in [3.63, 3.8) is 0 Å². The zero-order valence-corrected chi connectivity index (χ0v) is 22.4. The minimum Gasteiger partial charge on any atom is -0.459 e. The third-order valence-corrected chi connectivity index (χ3v) is 11.4. The van der Waals surface area contributed by atoms with Gasteiger partial charge >= 0.3 is 5.97 Å². The number of aliphatic hydroxyl groups excluding tert-OH is 1. The van der Waals surface area contributed by atoms with Crippen LogP contribution in [0.25, 0.3) is 0 Å². The SMILES string of the molecule is C#CC[C@H](O)C[C@@H](CCO[Si](c1ccccc1)(c1ccccc1)C(C)(C)C)OC(=O)c1ccccc1. The Morgan fingerprint density at radius 1 is 0.917 bits per heavy atom. The van der Waals surface area contributed by atoms with Gasteiger partial charge in [0.25, 0.3) is 8.32 Å². The van der Waals surface area contributed by atoms with Crippen molar-refractivity contribution in [2.45, 2.75) is 57.3 Å². The van der Waals surface area contributed by atoms with Crippen LogP contribution in [-0.2, 0) is 9.16 Å². The number of hydrogen-bond acceptors (Lipinski definition) is 4. The highest BCUT2D eigenvalue weighted by molar-refractivity contribution is 6.99. The average Bonchev–Trinajstić information content (AvgIpc) is 2.87. The Hall–Kier alpha value is -3.17. The molecule has 188 valence electrons. The number of rotatable bonds is 11. The molecule has 0 saturated carbocycles. The van der Waals surface area contributed by atoms with E-state index >= 15 is 0 Å². The first kappa shape index (κ1) is 27.4. The fourth-order valence-electron chi connectivity index (χ4n) is 4.65. The molecule has 36 heavy (non-hydrogen) atoms. The Bertz CT molecular complexity index is 1080. The topological polar surface area (TPSA) is 55.8 Å². The van der Waals surface area contributed by atoms with Crippen molar-refractivity contribution < 1.29 is 19.1 Å². The van der Waals surface area contributed by atoms with Crippen LogP contribution in [0.1, 0.15) is 50.4 Å². The van der Waals surface area contributed by atoms with Crippen LogP contribution < -0.4 is 10.4 Å². The van der Waals surface area contributed by atoms with Crippen LogP contribution in [0, 0.1) is 12.3 Å². The van der Waals surface area contributed by atoms with E-state index in [1.54, 1.807) is 24.3 Å². The molecule has 5 heteroatoms. The van der Waals surface area contributed by atoms with Gasteiger partial charge in [-0.25, -0.2) is 4.79 Å². The molecular formula is C31H36O4Si. The van der Waals surface area contributed by atoms with Gasteiger partial charge < -0.3 is 14.3 Å². The van der Waals surface area contributed by atoms with Gasteiger partial charge in [-0.1, -0.05) is 99.6 Å². The summed E-state index contributed by atoms with van der Waals surface area (Å²) in [6, 6.07) is 29.7. The van der Waals surface area contributed by atoms with Crippen molar-refractivity contribution in [1.29, 1.82) is 0 Å². The molecule has 0 fully saturated rings. The number of aliphatic hydroxyl groups is 1. The molecule has 3 aromatic rings. The Morgan fingerprint density at radius 3 is 1.89 bits per heavy atom. The number of benzene rings is 3. The largest absolute Gasteiger partial charge is 0.459 e. The van der Waals surface area contributed by atoms with Gasteiger partial charge in [-0.2, -0.15) is 0 Å². The van der Waals surface area contributed by atoms with Gasteiger partial charge in [0, 0.05) is 25.9 Å². The van der Waals surface area contributed by atoms with Crippen molar-refractivity contribution in [3.8, 4) is 12.3 Å². The fraction of sp³-hybridized carbons (Fsp3) is 0.323. The van der Waals surface area contributed by atoms with E-state index in [-0.39, 0.29) is 17.9 Å². The molecule has 0 unspecified atom stereocenters. The molecule has 0 aromatic heterocycles. The Labute approximate surface area is 216 Å². The van der Waals surface area contributed by atoms with Gasteiger partial charge in [-0.05, 0) is 27.5 Å².